The largest absolute Gasteiger partial charge is 0.433 e. The van der Waals surface area contributed by atoms with E-state index in [1.165, 1.54) is 24.0 Å². The molecule has 0 unspecified atom stereocenters. The minimum atomic E-state index is -4.48. The first-order valence-corrected chi connectivity index (χ1v) is 11.6. The van der Waals surface area contributed by atoms with Crippen LogP contribution in [0.2, 0.25) is 0 Å². The van der Waals surface area contributed by atoms with Gasteiger partial charge in [0, 0.05) is 17.3 Å². The molecule has 0 bridgehead atoms. The van der Waals surface area contributed by atoms with E-state index in [4.69, 9.17) is 0 Å². The van der Waals surface area contributed by atoms with Gasteiger partial charge in [-0.3, -0.25) is 10.1 Å². The van der Waals surface area contributed by atoms with Crippen molar-refractivity contribution in [3.63, 3.8) is 0 Å². The summed E-state index contributed by atoms with van der Waals surface area (Å²) in [6.45, 7) is 2.02. The van der Waals surface area contributed by atoms with E-state index < -0.39 is 11.9 Å². The highest BCUT2D eigenvalue weighted by Gasteiger charge is 2.32. The van der Waals surface area contributed by atoms with Crippen LogP contribution in [0.1, 0.15) is 12.6 Å². The Morgan fingerprint density at radius 3 is 2.21 bits per heavy atom. The van der Waals surface area contributed by atoms with Crippen LogP contribution in [-0.4, -0.2) is 25.9 Å². The van der Waals surface area contributed by atoms with Gasteiger partial charge >= 0.3 is 6.18 Å². The van der Waals surface area contributed by atoms with E-state index in [1.54, 1.807) is 0 Å². The molecule has 1 N–H and O–H groups in total. The van der Waals surface area contributed by atoms with Gasteiger partial charge in [-0.25, -0.2) is 4.98 Å². The van der Waals surface area contributed by atoms with Gasteiger partial charge in [0.15, 0.2) is 5.82 Å². The number of aromatic nitrogens is 4. The number of halogens is 3. The molecule has 4 nitrogen and oxygen atoms in total. The second-order valence-corrected chi connectivity index (χ2v) is 8.92. The average Bonchev–Trinajstić information content (AvgIpc) is 3.32. The highest BCUT2D eigenvalue weighted by atomic mass is 32.2. The maximum absolute atomic E-state index is 13.0. The van der Waals surface area contributed by atoms with Crippen molar-refractivity contribution < 1.29 is 13.2 Å². The number of aromatic amines is 1. The molecule has 34 heavy (non-hydrogen) atoms. The number of nitrogens with zero attached hydrogens (tertiary/aromatic N) is 3. The molecule has 0 saturated carbocycles. The lowest BCUT2D eigenvalue weighted by Gasteiger charge is -2.11. The lowest BCUT2D eigenvalue weighted by molar-refractivity contribution is -0.141. The van der Waals surface area contributed by atoms with E-state index in [-0.39, 0.29) is 0 Å². The maximum atomic E-state index is 13.0. The number of hydrogen-bond donors (Lipinski definition) is 1. The number of alkyl halides is 3. The van der Waals surface area contributed by atoms with Crippen LogP contribution in [-0.2, 0) is 6.18 Å². The summed E-state index contributed by atoms with van der Waals surface area (Å²) in [6.07, 6.45) is -3.23. The maximum Gasteiger partial charge on any atom is 0.433 e. The summed E-state index contributed by atoms with van der Waals surface area (Å²) < 4.78 is 39.0. The topological polar surface area (TPSA) is 54.5 Å². The zero-order chi connectivity index (χ0) is 23.7. The third-order valence-electron chi connectivity index (χ3n) is 5.41. The first-order valence-electron chi connectivity index (χ1n) is 10.6. The lowest BCUT2D eigenvalue weighted by atomic mass is 9.95. The molecule has 8 heteroatoms. The van der Waals surface area contributed by atoms with Gasteiger partial charge in [0.1, 0.15) is 5.69 Å². The fourth-order valence-electron chi connectivity index (χ4n) is 3.77. The number of nitrogens with one attached hydrogen (secondary N) is 1. The van der Waals surface area contributed by atoms with Crippen LogP contribution < -0.4 is 0 Å². The Labute approximate surface area is 198 Å². The minimum Gasteiger partial charge on any atom is -0.258 e. The van der Waals surface area contributed by atoms with E-state index in [0.29, 0.717) is 16.5 Å². The highest BCUT2D eigenvalue weighted by Crippen LogP contribution is 2.34. The molecule has 0 amide bonds. The van der Waals surface area contributed by atoms with E-state index in [1.807, 2.05) is 49.4 Å². The number of rotatable bonds is 5. The molecule has 0 fully saturated rings. The Bertz CT molecular complexity index is 1460. The first-order chi connectivity index (χ1) is 16.4. The molecule has 0 saturated heterocycles. The van der Waals surface area contributed by atoms with Crippen LogP contribution >= 0.6 is 11.8 Å². The Balaban J connectivity index is 1.64. The van der Waals surface area contributed by atoms with Crippen molar-refractivity contribution in [2.45, 2.75) is 18.3 Å². The van der Waals surface area contributed by atoms with Gasteiger partial charge in [-0.2, -0.15) is 13.2 Å². The fraction of sp³-hybridized carbons (Fsp3) is 0.115. The predicted octanol–water partition coefficient (Wildman–Crippen LogP) is 7.48. The van der Waals surface area contributed by atoms with Crippen LogP contribution in [0.25, 0.3) is 44.4 Å². The molecule has 0 spiro atoms. The monoisotopic (exact) mass is 476 g/mol. The summed E-state index contributed by atoms with van der Waals surface area (Å²) in [5.41, 5.74) is 3.10. The Hall–Kier alpha value is -3.65. The smallest absolute Gasteiger partial charge is 0.258 e. The molecule has 0 aliphatic heterocycles. The van der Waals surface area contributed by atoms with Gasteiger partial charge < -0.3 is 0 Å². The second kappa shape index (κ2) is 8.95. The molecule has 2 heterocycles. The molecule has 0 atom stereocenters. The molecule has 5 aromatic rings. The Morgan fingerprint density at radius 2 is 1.50 bits per heavy atom. The van der Waals surface area contributed by atoms with E-state index in [2.05, 4.69) is 38.4 Å². The van der Waals surface area contributed by atoms with Gasteiger partial charge in [-0.05, 0) is 63.5 Å². The van der Waals surface area contributed by atoms with Crippen LogP contribution in [0, 0.1) is 0 Å². The predicted molar refractivity (Wildman–Crippen MR) is 129 cm³/mol. The van der Waals surface area contributed by atoms with Crippen molar-refractivity contribution in [2.75, 3.05) is 5.75 Å². The summed E-state index contributed by atoms with van der Waals surface area (Å²) in [4.78, 5) is 8.20. The first kappa shape index (κ1) is 22.2. The molecular weight excluding hydrogens is 457 g/mol. The normalized spacial score (nSPS) is 11.8. The summed E-state index contributed by atoms with van der Waals surface area (Å²) in [5, 5.41) is 10.1. The summed E-state index contributed by atoms with van der Waals surface area (Å²) in [6, 6.07) is 22.6. The van der Waals surface area contributed by atoms with Gasteiger partial charge in [0.2, 0.25) is 5.16 Å². The molecule has 3 aromatic carbocycles. The number of fused-ring (bicyclic) bond motifs is 1. The van der Waals surface area contributed by atoms with E-state index in [0.717, 1.165) is 44.8 Å². The van der Waals surface area contributed by atoms with Gasteiger partial charge in [0.25, 0.3) is 0 Å². The average molecular weight is 477 g/mol. The molecule has 0 radical (unpaired) electrons. The molecule has 2 aromatic heterocycles. The number of H-pyrrole nitrogens is 1. The van der Waals surface area contributed by atoms with Crippen molar-refractivity contribution in [3.8, 4) is 33.6 Å². The standard InChI is InChI=1S/C26H19F3N4S/c1-2-34-25-31-24(32-33-25)22-13-20(18-8-7-16-5-3-4-6-17(16)11-18)12-21(14-22)19-9-10-23(30-15-19)26(27,28)29/h3-15H,2H2,1H3,(H,31,32,33). The van der Waals surface area contributed by atoms with Gasteiger partial charge in [-0.15, -0.1) is 5.10 Å². The zero-order valence-corrected chi connectivity index (χ0v) is 18.9. The SMILES string of the molecule is CCSc1n[nH]c(-c2cc(-c3ccc(C(F)(F)F)nc3)cc(-c3ccc4ccccc4c3)c2)n1. The Kier molecular flexibility index (Phi) is 5.83. The highest BCUT2D eigenvalue weighted by molar-refractivity contribution is 7.99. The van der Waals surface area contributed by atoms with Crippen LogP contribution in [0.3, 0.4) is 0 Å². The van der Waals surface area contributed by atoms with Gasteiger partial charge in [0.05, 0.1) is 0 Å². The quantitative estimate of drug-likeness (QED) is 0.267. The van der Waals surface area contributed by atoms with Crippen molar-refractivity contribution >= 4 is 22.5 Å². The molecule has 0 aliphatic carbocycles. The summed E-state index contributed by atoms with van der Waals surface area (Å²) in [5.74, 6) is 1.44. The van der Waals surface area contributed by atoms with Crippen molar-refractivity contribution in [3.05, 3.63) is 84.7 Å². The molecule has 170 valence electrons. The van der Waals surface area contributed by atoms with Gasteiger partial charge in [-0.1, -0.05) is 61.2 Å². The summed E-state index contributed by atoms with van der Waals surface area (Å²) >= 11 is 1.53. The van der Waals surface area contributed by atoms with E-state index in [9.17, 15) is 13.2 Å². The third kappa shape index (κ3) is 4.54. The molecular formula is C26H19F3N4S. The molecule has 5 rings (SSSR count). The Morgan fingerprint density at radius 1 is 0.794 bits per heavy atom. The number of hydrogen-bond acceptors (Lipinski definition) is 4. The van der Waals surface area contributed by atoms with Crippen molar-refractivity contribution in [1.29, 1.82) is 0 Å². The van der Waals surface area contributed by atoms with Crippen LogP contribution in [0.5, 0.6) is 0 Å². The van der Waals surface area contributed by atoms with Crippen molar-refractivity contribution in [1.82, 2.24) is 20.2 Å². The van der Waals surface area contributed by atoms with Crippen LogP contribution in [0.4, 0.5) is 13.2 Å². The fourth-order valence-corrected chi connectivity index (χ4v) is 4.29. The molecule has 0 aliphatic rings. The zero-order valence-electron chi connectivity index (χ0n) is 18.1. The number of benzene rings is 3. The lowest BCUT2D eigenvalue weighted by Crippen LogP contribution is -2.07. The number of pyridine rings is 1. The third-order valence-corrected chi connectivity index (χ3v) is 6.14. The van der Waals surface area contributed by atoms with Crippen LogP contribution in [0.15, 0.2) is 84.1 Å². The van der Waals surface area contributed by atoms with Crippen molar-refractivity contribution in [2.24, 2.45) is 0 Å². The van der Waals surface area contributed by atoms with E-state index >= 15 is 0 Å². The number of thioether (sulfide) groups is 1. The minimum absolute atomic E-state index is 0.583. The summed E-state index contributed by atoms with van der Waals surface area (Å²) in [7, 11) is 0. The second-order valence-electron chi connectivity index (χ2n) is 7.69.